The fourth-order valence-corrected chi connectivity index (χ4v) is 7.88. The van der Waals surface area contributed by atoms with Crippen LogP contribution in [0.3, 0.4) is 0 Å². The molecule has 2 heterocycles. The van der Waals surface area contributed by atoms with Crippen LogP contribution >= 0.6 is 11.6 Å². The van der Waals surface area contributed by atoms with Crippen molar-refractivity contribution in [2.24, 2.45) is 0 Å². The molecule has 0 aliphatic heterocycles. The van der Waals surface area contributed by atoms with Gasteiger partial charge in [-0.05, 0) is 124 Å². The van der Waals surface area contributed by atoms with Gasteiger partial charge < -0.3 is 30.0 Å². The minimum absolute atomic E-state index is 0.0547. The zero-order valence-electron chi connectivity index (χ0n) is 41.4. The number of phenols is 1. The second kappa shape index (κ2) is 26.2. The predicted molar refractivity (Wildman–Crippen MR) is 287 cm³/mol. The molecule has 0 aliphatic carbocycles. The fourth-order valence-electron chi connectivity index (χ4n) is 7.71. The highest BCUT2D eigenvalue weighted by atomic mass is 35.5. The third-order valence-corrected chi connectivity index (χ3v) is 11.6. The van der Waals surface area contributed by atoms with E-state index in [-0.39, 0.29) is 23.7 Å². The zero-order valence-corrected chi connectivity index (χ0v) is 42.1. The molecule has 0 aliphatic rings. The fraction of sp³-hybridized carbons (Fsp3) is 0.100. The second-order valence-electron chi connectivity index (χ2n) is 17.2. The normalized spacial score (nSPS) is 11.2. The Morgan fingerprint density at radius 3 is 1.48 bits per heavy atom. The van der Waals surface area contributed by atoms with Crippen molar-refractivity contribution in [2.75, 3.05) is 10.6 Å². The molecule has 0 bridgehead atoms. The van der Waals surface area contributed by atoms with Crippen LogP contribution in [0.1, 0.15) is 54.4 Å². The van der Waals surface area contributed by atoms with E-state index in [1.807, 2.05) is 66.7 Å². The molecule has 2 amide bonds. The number of nitrogens with zero attached hydrogens (tertiary/aromatic N) is 4. The first kappa shape index (κ1) is 56.0. The number of hydrogen-bond acceptors (Lipinski definition) is 10. The minimum atomic E-state index is -4.50. The summed E-state index contributed by atoms with van der Waals surface area (Å²) in [6.07, 6.45) is -6.15. The number of aromatic nitrogens is 4. The summed E-state index contributed by atoms with van der Waals surface area (Å²) in [4.78, 5) is 41.6. The molecule has 400 valence electrons. The molecule has 8 aromatic carbocycles. The van der Waals surface area contributed by atoms with E-state index in [4.69, 9.17) is 25.8 Å². The number of ether oxygens (including phenoxy) is 3. The van der Waals surface area contributed by atoms with E-state index in [0.29, 0.717) is 75.0 Å². The molecule has 0 saturated carbocycles. The summed E-state index contributed by atoms with van der Waals surface area (Å²) < 4.78 is 94.5. The number of amides is 2. The van der Waals surface area contributed by atoms with Crippen molar-refractivity contribution in [1.29, 1.82) is 0 Å². The van der Waals surface area contributed by atoms with Crippen LogP contribution in [-0.4, -0.2) is 36.9 Å². The van der Waals surface area contributed by atoms with Crippen molar-refractivity contribution in [3.8, 4) is 17.4 Å². The number of carbonyl (C=O) groups is 2. The standard InChI is InChI=1S/C30H22F3N3O3.C18H12F3NO2.C12H11ClN2O/c31-30(32,33)22-9-5-10-23(15-22)36-29(37)27-11-4-8-21-14-25(12-13-26(21)27)39-28-16-24(34-19-35-28)18-38-17-20-6-2-1-3-7-20;19-18(20,21)12-4-2-5-13(10-12)22-17(24)16-6-1-3-11-9-14(23)7-8-15(11)16;13-12-6-11(14-9-15-12)8-16-7-10-4-2-1-3-5-10/h1-16,19H,17-18H2,(H,36,37);1-10,23H,(H,22,24);1-6,9H,7-8H2. The topological polar surface area (TPSA) is 158 Å². The van der Waals surface area contributed by atoms with Gasteiger partial charge in [-0.1, -0.05) is 109 Å². The average molecular weight is 1100 g/mol. The molecule has 3 N–H and O–H groups in total. The van der Waals surface area contributed by atoms with Gasteiger partial charge in [-0.2, -0.15) is 26.3 Å². The lowest BCUT2D eigenvalue weighted by Gasteiger charge is -2.12. The SMILES string of the molecule is Clc1cc(COCc2ccccc2)ncn1.O=C(Nc1cccc(C(F)(F)F)c1)c1cccc2cc(O)ccc12.O=C(Nc1cccc(C(F)(F)F)c1)c1cccc2cc(Oc3cc(COCc4ccccc4)ncn3)ccc12. The summed E-state index contributed by atoms with van der Waals surface area (Å²) >= 11 is 5.73. The van der Waals surface area contributed by atoms with Gasteiger partial charge in [-0.15, -0.1) is 0 Å². The van der Waals surface area contributed by atoms with Crippen LogP contribution in [0.25, 0.3) is 21.5 Å². The van der Waals surface area contributed by atoms with Crippen LogP contribution in [0.4, 0.5) is 37.7 Å². The first-order valence-electron chi connectivity index (χ1n) is 23.9. The maximum Gasteiger partial charge on any atom is 0.416 e. The van der Waals surface area contributed by atoms with E-state index in [9.17, 15) is 41.0 Å². The van der Waals surface area contributed by atoms with Crippen LogP contribution in [0.5, 0.6) is 17.4 Å². The molecule has 2 aromatic heterocycles. The van der Waals surface area contributed by atoms with Gasteiger partial charge in [0.1, 0.15) is 29.3 Å². The zero-order chi connectivity index (χ0) is 55.8. The number of phenolic OH excluding ortho intramolecular Hbond substituents is 1. The molecule has 10 rings (SSSR count). The maximum atomic E-state index is 13.0. The summed E-state index contributed by atoms with van der Waals surface area (Å²) in [5.74, 6) is -0.151. The van der Waals surface area contributed by atoms with Crippen LogP contribution in [0.2, 0.25) is 5.15 Å². The Balaban J connectivity index is 0.000000174. The van der Waals surface area contributed by atoms with E-state index in [0.717, 1.165) is 41.1 Å². The molecule has 19 heteroatoms. The third-order valence-electron chi connectivity index (χ3n) is 11.4. The van der Waals surface area contributed by atoms with Gasteiger partial charge in [0, 0.05) is 28.6 Å². The number of hydrogen-bond donors (Lipinski definition) is 3. The molecule has 0 unspecified atom stereocenters. The number of halogens is 7. The molecule has 0 fully saturated rings. The molecule has 12 nitrogen and oxygen atoms in total. The van der Waals surface area contributed by atoms with E-state index >= 15 is 0 Å². The van der Waals surface area contributed by atoms with Crippen molar-refractivity contribution in [3.63, 3.8) is 0 Å². The molecule has 0 spiro atoms. The lowest BCUT2D eigenvalue weighted by molar-refractivity contribution is -0.138. The lowest BCUT2D eigenvalue weighted by atomic mass is 10.0. The number of fused-ring (bicyclic) bond motifs is 2. The highest BCUT2D eigenvalue weighted by Gasteiger charge is 2.31. The highest BCUT2D eigenvalue weighted by molar-refractivity contribution is 6.29. The largest absolute Gasteiger partial charge is 0.508 e. The average Bonchev–Trinajstić information content (AvgIpc) is 3.49. The van der Waals surface area contributed by atoms with Crippen molar-refractivity contribution in [2.45, 2.75) is 38.8 Å². The predicted octanol–water partition coefficient (Wildman–Crippen LogP) is 15.1. The Bertz CT molecular complexity index is 3690. The Labute approximate surface area is 453 Å². The summed E-state index contributed by atoms with van der Waals surface area (Å²) in [6, 6.07) is 51.9. The first-order chi connectivity index (χ1) is 38.0. The van der Waals surface area contributed by atoms with Crippen molar-refractivity contribution >= 4 is 56.3 Å². The number of aromatic hydroxyl groups is 1. The minimum Gasteiger partial charge on any atom is -0.508 e. The quantitative estimate of drug-likeness (QED) is 0.0707. The van der Waals surface area contributed by atoms with Gasteiger partial charge in [-0.3, -0.25) is 9.59 Å². The molecule has 0 radical (unpaired) electrons. The molecule has 10 aromatic rings. The van der Waals surface area contributed by atoms with Crippen molar-refractivity contribution in [1.82, 2.24) is 19.9 Å². The van der Waals surface area contributed by atoms with Gasteiger partial charge in [0.2, 0.25) is 5.88 Å². The lowest BCUT2D eigenvalue weighted by Crippen LogP contribution is -2.13. The Morgan fingerprint density at radius 2 is 0.962 bits per heavy atom. The Morgan fingerprint density at radius 1 is 0.481 bits per heavy atom. The number of carbonyl (C=O) groups excluding carboxylic acids is 2. The Hall–Kier alpha value is -9.23. The van der Waals surface area contributed by atoms with Gasteiger partial charge in [0.05, 0.1) is 48.9 Å². The molecule has 0 saturated heterocycles. The number of alkyl halides is 6. The molecular formula is C60H45ClF6N6O6. The number of rotatable bonds is 14. The van der Waals surface area contributed by atoms with E-state index in [1.165, 1.54) is 49.1 Å². The van der Waals surface area contributed by atoms with Crippen molar-refractivity contribution in [3.05, 3.63) is 257 Å². The maximum absolute atomic E-state index is 13.0. The number of anilines is 2. The van der Waals surface area contributed by atoms with Gasteiger partial charge in [-0.25, -0.2) is 19.9 Å². The van der Waals surface area contributed by atoms with Crippen LogP contribution in [-0.2, 0) is 48.3 Å². The van der Waals surface area contributed by atoms with E-state index in [2.05, 4.69) is 30.6 Å². The van der Waals surface area contributed by atoms with Gasteiger partial charge in [0.15, 0.2) is 0 Å². The van der Waals surface area contributed by atoms with E-state index < -0.39 is 35.3 Å². The summed E-state index contributed by atoms with van der Waals surface area (Å²) in [5, 5.41) is 17.5. The van der Waals surface area contributed by atoms with Gasteiger partial charge in [0.25, 0.3) is 11.8 Å². The van der Waals surface area contributed by atoms with E-state index in [1.54, 1.807) is 66.7 Å². The highest BCUT2D eigenvalue weighted by Crippen LogP contribution is 2.33. The van der Waals surface area contributed by atoms with Crippen LogP contribution in [0, 0.1) is 0 Å². The second-order valence-corrected chi connectivity index (χ2v) is 17.6. The van der Waals surface area contributed by atoms with Crippen LogP contribution < -0.4 is 15.4 Å². The summed E-state index contributed by atoms with van der Waals surface area (Å²) in [6.45, 7) is 1.75. The number of benzene rings is 8. The smallest absolute Gasteiger partial charge is 0.416 e. The monoisotopic (exact) mass is 1090 g/mol. The first-order valence-corrected chi connectivity index (χ1v) is 24.3. The number of nitrogens with one attached hydrogen (secondary N) is 2. The molecular weight excluding hydrogens is 1050 g/mol. The summed E-state index contributed by atoms with van der Waals surface area (Å²) in [7, 11) is 0. The van der Waals surface area contributed by atoms with Gasteiger partial charge >= 0.3 is 12.4 Å². The molecule has 79 heavy (non-hydrogen) atoms. The van der Waals surface area contributed by atoms with Crippen molar-refractivity contribution < 1.29 is 55.2 Å². The Kier molecular flexibility index (Phi) is 18.6. The third kappa shape index (κ3) is 16.4. The van der Waals surface area contributed by atoms with Crippen LogP contribution in [0.15, 0.2) is 207 Å². The molecule has 0 atom stereocenters. The summed E-state index contributed by atoms with van der Waals surface area (Å²) in [5.41, 5.74) is 2.72.